The lowest BCUT2D eigenvalue weighted by molar-refractivity contribution is 0.818. The molecule has 0 aliphatic carbocycles. The van der Waals surface area contributed by atoms with Gasteiger partial charge in [0.2, 0.25) is 0 Å². The molecule has 0 fully saturated rings. The minimum atomic E-state index is 0.325. The van der Waals surface area contributed by atoms with Gasteiger partial charge in [-0.05, 0) is 20.8 Å². The number of hydrogen-bond acceptors (Lipinski definition) is 2. The molecule has 0 aliphatic rings. The summed E-state index contributed by atoms with van der Waals surface area (Å²) in [5, 5.41) is 0. The summed E-state index contributed by atoms with van der Waals surface area (Å²) in [6.07, 6.45) is 0. The molecule has 3 N–H and O–H groups in total. The van der Waals surface area contributed by atoms with E-state index in [0.29, 0.717) is 6.04 Å². The van der Waals surface area contributed by atoms with Gasteiger partial charge in [0, 0.05) is 6.04 Å². The molecule has 8 heavy (non-hydrogen) atoms. The second-order valence-corrected chi connectivity index (χ2v) is 1.95. The molecule has 0 saturated carbocycles. The Kier molecular flexibility index (Phi) is 3.19. The van der Waals surface area contributed by atoms with Crippen LogP contribution in [-0.2, 0) is 0 Å². The molecule has 3 heteroatoms. The molecule has 0 amide bonds. The Balaban J connectivity index is 3.56. The van der Waals surface area contributed by atoms with Gasteiger partial charge in [-0.15, -0.1) is 0 Å². The van der Waals surface area contributed by atoms with E-state index >= 15 is 0 Å². The van der Waals surface area contributed by atoms with Gasteiger partial charge in [-0.1, -0.05) is 0 Å². The molecule has 48 valence electrons. The maximum atomic E-state index is 5.04. The van der Waals surface area contributed by atoms with Crippen molar-refractivity contribution in [3.8, 4) is 0 Å². The van der Waals surface area contributed by atoms with E-state index in [2.05, 4.69) is 10.4 Å². The van der Waals surface area contributed by atoms with Crippen LogP contribution in [0.2, 0.25) is 0 Å². The third-order valence-corrected chi connectivity index (χ3v) is 0.661. The molecule has 0 atom stereocenters. The van der Waals surface area contributed by atoms with Crippen molar-refractivity contribution in [3.05, 3.63) is 0 Å². The normalized spacial score (nSPS) is 12.4. The van der Waals surface area contributed by atoms with Gasteiger partial charge in [-0.3, -0.25) is 4.99 Å². The van der Waals surface area contributed by atoms with Crippen LogP contribution in [0, 0.1) is 0 Å². The van der Waals surface area contributed by atoms with E-state index in [1.165, 1.54) is 0 Å². The van der Waals surface area contributed by atoms with Crippen molar-refractivity contribution in [2.45, 2.75) is 26.8 Å². The Labute approximate surface area is 50.0 Å². The number of hydrazine groups is 1. The lowest BCUT2D eigenvalue weighted by atomic mass is 10.4. The first kappa shape index (κ1) is 7.43. The van der Waals surface area contributed by atoms with Crippen LogP contribution in [-0.4, -0.2) is 11.9 Å². The first-order valence-corrected chi connectivity index (χ1v) is 2.68. The van der Waals surface area contributed by atoms with Gasteiger partial charge < -0.3 is 5.43 Å². The summed E-state index contributed by atoms with van der Waals surface area (Å²) in [4.78, 5) is 4.08. The second kappa shape index (κ2) is 3.43. The number of hydrogen-bond donors (Lipinski definition) is 2. The Morgan fingerprint density at radius 2 is 2.12 bits per heavy atom. The third kappa shape index (κ3) is 3.61. The van der Waals surface area contributed by atoms with Crippen molar-refractivity contribution >= 4 is 5.84 Å². The minimum Gasteiger partial charge on any atom is -0.313 e. The highest BCUT2D eigenvalue weighted by Gasteiger charge is 1.86. The molecule has 0 bridgehead atoms. The molecule has 0 aliphatic heterocycles. The van der Waals surface area contributed by atoms with Gasteiger partial charge in [0.05, 0.1) is 0 Å². The molecule has 0 radical (unpaired) electrons. The van der Waals surface area contributed by atoms with E-state index in [9.17, 15) is 0 Å². The average Bonchev–Trinajstić information content (AvgIpc) is 1.65. The van der Waals surface area contributed by atoms with Crippen LogP contribution in [0.4, 0.5) is 0 Å². The summed E-state index contributed by atoms with van der Waals surface area (Å²) in [7, 11) is 0. The maximum absolute atomic E-state index is 5.04. The fourth-order valence-corrected chi connectivity index (χ4v) is 0.425. The number of amidine groups is 1. The van der Waals surface area contributed by atoms with Crippen molar-refractivity contribution < 1.29 is 0 Å². The predicted octanol–water partition coefficient (Wildman–Crippen LogP) is 0.277. The van der Waals surface area contributed by atoms with Crippen LogP contribution in [0.15, 0.2) is 4.99 Å². The Hall–Kier alpha value is -0.570. The highest BCUT2D eigenvalue weighted by atomic mass is 15.2. The third-order valence-electron chi connectivity index (χ3n) is 0.661. The van der Waals surface area contributed by atoms with Crippen molar-refractivity contribution in [2.24, 2.45) is 10.8 Å². The smallest absolute Gasteiger partial charge is 0.107 e. The molecule has 0 spiro atoms. The van der Waals surface area contributed by atoms with E-state index in [-0.39, 0.29) is 0 Å². The molecule has 0 aromatic rings. The van der Waals surface area contributed by atoms with Crippen LogP contribution in [0.3, 0.4) is 0 Å². The first-order chi connectivity index (χ1) is 3.66. The van der Waals surface area contributed by atoms with Gasteiger partial charge in [0.25, 0.3) is 0 Å². The molecular weight excluding hydrogens is 102 g/mol. The molecule has 0 heterocycles. The second-order valence-electron chi connectivity index (χ2n) is 1.95. The average molecular weight is 115 g/mol. The standard InChI is InChI=1S/C5H13N3/c1-4(2)7-5(3)8-6/h4H,6H2,1-3H3,(H,7,8). The van der Waals surface area contributed by atoms with E-state index < -0.39 is 0 Å². The Morgan fingerprint density at radius 3 is 2.25 bits per heavy atom. The Bertz CT molecular complexity index is 85.7. The molecule has 0 aromatic carbocycles. The van der Waals surface area contributed by atoms with Crippen molar-refractivity contribution in [1.29, 1.82) is 0 Å². The zero-order valence-electron chi connectivity index (χ0n) is 5.60. The number of rotatable bonds is 1. The Morgan fingerprint density at radius 1 is 1.62 bits per heavy atom. The lowest BCUT2D eigenvalue weighted by Crippen LogP contribution is -2.28. The van der Waals surface area contributed by atoms with Gasteiger partial charge in [0.15, 0.2) is 0 Å². The van der Waals surface area contributed by atoms with Gasteiger partial charge in [-0.25, -0.2) is 5.84 Å². The molecule has 3 nitrogen and oxygen atoms in total. The van der Waals surface area contributed by atoms with Crippen LogP contribution in [0.5, 0.6) is 0 Å². The summed E-state index contributed by atoms with van der Waals surface area (Å²) in [5.41, 5.74) is 2.45. The topological polar surface area (TPSA) is 50.4 Å². The number of aliphatic imine (C=N–C) groups is 1. The molecule has 0 rings (SSSR count). The summed E-state index contributed by atoms with van der Waals surface area (Å²) in [5.74, 6) is 5.82. The van der Waals surface area contributed by atoms with E-state index in [0.717, 1.165) is 5.84 Å². The zero-order chi connectivity index (χ0) is 6.57. The van der Waals surface area contributed by atoms with Crippen molar-refractivity contribution in [2.75, 3.05) is 0 Å². The summed E-state index contributed by atoms with van der Waals surface area (Å²) in [6.45, 7) is 5.84. The molecule has 0 aromatic heterocycles. The maximum Gasteiger partial charge on any atom is 0.107 e. The SMILES string of the molecule is CC(=NC(C)C)NN. The van der Waals surface area contributed by atoms with Crippen molar-refractivity contribution in [3.63, 3.8) is 0 Å². The summed E-state index contributed by atoms with van der Waals surface area (Å²) < 4.78 is 0. The van der Waals surface area contributed by atoms with Crippen molar-refractivity contribution in [1.82, 2.24) is 5.43 Å². The lowest BCUT2D eigenvalue weighted by Gasteiger charge is -1.99. The molecular formula is C5H13N3. The van der Waals surface area contributed by atoms with Crippen LogP contribution < -0.4 is 11.3 Å². The molecule has 0 saturated heterocycles. The fraction of sp³-hybridized carbons (Fsp3) is 0.800. The van der Waals surface area contributed by atoms with E-state index in [1.54, 1.807) is 0 Å². The van der Waals surface area contributed by atoms with Crippen LogP contribution in [0.1, 0.15) is 20.8 Å². The van der Waals surface area contributed by atoms with Crippen LogP contribution in [0.25, 0.3) is 0 Å². The number of nitrogens with zero attached hydrogens (tertiary/aromatic N) is 1. The molecule has 0 unspecified atom stereocenters. The van der Waals surface area contributed by atoms with Gasteiger partial charge in [0.1, 0.15) is 5.84 Å². The largest absolute Gasteiger partial charge is 0.313 e. The van der Waals surface area contributed by atoms with Crippen LogP contribution >= 0.6 is 0 Å². The highest BCUT2D eigenvalue weighted by molar-refractivity contribution is 5.78. The van der Waals surface area contributed by atoms with E-state index in [4.69, 9.17) is 5.84 Å². The monoisotopic (exact) mass is 115 g/mol. The number of nitrogens with one attached hydrogen (secondary N) is 1. The highest BCUT2D eigenvalue weighted by Crippen LogP contribution is 1.83. The summed E-state index contributed by atoms with van der Waals surface area (Å²) in [6, 6.07) is 0.325. The minimum absolute atomic E-state index is 0.325. The van der Waals surface area contributed by atoms with E-state index in [1.807, 2.05) is 20.8 Å². The fourth-order valence-electron chi connectivity index (χ4n) is 0.425. The zero-order valence-corrected chi connectivity index (χ0v) is 5.60. The predicted molar refractivity (Wildman–Crippen MR) is 35.6 cm³/mol. The van der Waals surface area contributed by atoms with Gasteiger partial charge >= 0.3 is 0 Å². The quantitative estimate of drug-likeness (QED) is 0.223. The first-order valence-electron chi connectivity index (χ1n) is 2.68. The number of nitrogens with two attached hydrogens (primary N) is 1. The summed E-state index contributed by atoms with van der Waals surface area (Å²) >= 11 is 0. The van der Waals surface area contributed by atoms with Gasteiger partial charge in [-0.2, -0.15) is 0 Å².